The maximum atomic E-state index is 11.5. The standard InChI is InChI=1S/C6H8F6O2/c1-2-3-4(13-5(7,8)9)14-6(10,11)12/h4H,2-3H2,1H3. The Labute approximate surface area is 75.8 Å². The molecule has 0 bridgehead atoms. The van der Waals surface area contributed by atoms with E-state index in [1.165, 1.54) is 6.92 Å². The lowest BCUT2D eigenvalue weighted by molar-refractivity contribution is -0.439. The molecule has 0 aromatic carbocycles. The molecular weight excluding hydrogens is 218 g/mol. The molecule has 8 heteroatoms. The maximum absolute atomic E-state index is 11.5. The average Bonchev–Trinajstić information content (AvgIpc) is 1.78. The molecule has 0 saturated carbocycles. The predicted molar refractivity (Wildman–Crippen MR) is 33.0 cm³/mol. The van der Waals surface area contributed by atoms with Crippen molar-refractivity contribution in [3.05, 3.63) is 0 Å². The Hall–Kier alpha value is -0.500. The molecule has 0 atom stereocenters. The first-order valence-electron chi connectivity index (χ1n) is 3.63. The molecule has 0 aromatic heterocycles. The fourth-order valence-corrected chi connectivity index (χ4v) is 0.676. The summed E-state index contributed by atoms with van der Waals surface area (Å²) >= 11 is 0. The summed E-state index contributed by atoms with van der Waals surface area (Å²) in [7, 11) is 0. The Bertz CT molecular complexity index is 147. The summed E-state index contributed by atoms with van der Waals surface area (Å²) in [5.74, 6) is 0. The highest BCUT2D eigenvalue weighted by atomic mass is 19.4. The maximum Gasteiger partial charge on any atom is 0.524 e. The van der Waals surface area contributed by atoms with Crippen molar-refractivity contribution in [2.75, 3.05) is 0 Å². The lowest BCUT2D eigenvalue weighted by Gasteiger charge is -2.20. The molecular formula is C6H8F6O2. The third-order valence-electron chi connectivity index (χ3n) is 1.05. The SMILES string of the molecule is CCCC(OC(F)(F)F)OC(F)(F)F. The number of rotatable bonds is 4. The van der Waals surface area contributed by atoms with Crippen molar-refractivity contribution < 1.29 is 35.8 Å². The van der Waals surface area contributed by atoms with Crippen molar-refractivity contribution in [2.45, 2.75) is 38.8 Å². The number of halogens is 6. The largest absolute Gasteiger partial charge is 0.524 e. The zero-order valence-electron chi connectivity index (χ0n) is 7.08. The third kappa shape index (κ3) is 8.11. The molecule has 14 heavy (non-hydrogen) atoms. The summed E-state index contributed by atoms with van der Waals surface area (Å²) < 4.78 is 75.4. The third-order valence-corrected chi connectivity index (χ3v) is 1.05. The molecule has 0 amide bonds. The van der Waals surface area contributed by atoms with Crippen molar-refractivity contribution in [1.29, 1.82) is 0 Å². The lowest BCUT2D eigenvalue weighted by Crippen LogP contribution is -2.31. The quantitative estimate of drug-likeness (QED) is 0.541. The molecule has 0 unspecified atom stereocenters. The molecule has 0 radical (unpaired) electrons. The zero-order chi connectivity index (χ0) is 11.4. The summed E-state index contributed by atoms with van der Waals surface area (Å²) in [6.45, 7) is 1.41. The van der Waals surface area contributed by atoms with Crippen molar-refractivity contribution in [3.63, 3.8) is 0 Å². The van der Waals surface area contributed by atoms with Crippen LogP contribution in [0.2, 0.25) is 0 Å². The Morgan fingerprint density at radius 2 is 1.29 bits per heavy atom. The van der Waals surface area contributed by atoms with E-state index >= 15 is 0 Å². The van der Waals surface area contributed by atoms with Gasteiger partial charge in [-0.25, -0.2) is 0 Å². The molecule has 2 nitrogen and oxygen atoms in total. The van der Waals surface area contributed by atoms with Crippen LogP contribution in [0.15, 0.2) is 0 Å². The molecule has 0 aliphatic carbocycles. The van der Waals surface area contributed by atoms with E-state index in [0.717, 1.165) is 0 Å². The van der Waals surface area contributed by atoms with Gasteiger partial charge in [-0.15, -0.1) is 26.3 Å². The second-order valence-corrected chi connectivity index (χ2v) is 2.35. The Balaban J connectivity index is 4.16. The summed E-state index contributed by atoms with van der Waals surface area (Å²) in [6, 6.07) is 0. The van der Waals surface area contributed by atoms with Crippen LogP contribution >= 0.6 is 0 Å². The van der Waals surface area contributed by atoms with Gasteiger partial charge in [0.2, 0.25) is 0 Å². The molecule has 0 fully saturated rings. The Kier molecular flexibility index (Phi) is 4.66. The highest BCUT2D eigenvalue weighted by Crippen LogP contribution is 2.26. The minimum atomic E-state index is -5.13. The summed E-state index contributed by atoms with van der Waals surface area (Å²) in [5.41, 5.74) is 0. The van der Waals surface area contributed by atoms with Crippen molar-refractivity contribution in [1.82, 2.24) is 0 Å². The van der Waals surface area contributed by atoms with E-state index in [4.69, 9.17) is 0 Å². The van der Waals surface area contributed by atoms with E-state index in [0.29, 0.717) is 0 Å². The summed E-state index contributed by atoms with van der Waals surface area (Å²) in [4.78, 5) is 0. The van der Waals surface area contributed by atoms with E-state index in [1.54, 1.807) is 0 Å². The first-order valence-corrected chi connectivity index (χ1v) is 3.63. The fraction of sp³-hybridized carbons (Fsp3) is 1.00. The normalized spacial score (nSPS) is 13.7. The van der Waals surface area contributed by atoms with E-state index < -0.39 is 25.4 Å². The van der Waals surface area contributed by atoms with Crippen molar-refractivity contribution in [3.8, 4) is 0 Å². The van der Waals surface area contributed by atoms with Crippen LogP contribution < -0.4 is 0 Å². The smallest absolute Gasteiger partial charge is 0.262 e. The van der Waals surface area contributed by atoms with Gasteiger partial charge in [0.15, 0.2) is 6.29 Å². The second-order valence-electron chi connectivity index (χ2n) is 2.35. The van der Waals surface area contributed by atoms with E-state index in [2.05, 4.69) is 9.47 Å². The molecule has 86 valence electrons. The average molecular weight is 226 g/mol. The highest BCUT2D eigenvalue weighted by Gasteiger charge is 2.40. The number of hydrogen-bond donors (Lipinski definition) is 0. The van der Waals surface area contributed by atoms with Crippen LogP contribution in [0.3, 0.4) is 0 Å². The van der Waals surface area contributed by atoms with Crippen LogP contribution in [-0.2, 0) is 9.47 Å². The van der Waals surface area contributed by atoms with Gasteiger partial charge >= 0.3 is 12.7 Å². The summed E-state index contributed by atoms with van der Waals surface area (Å²) in [5, 5.41) is 0. The monoisotopic (exact) mass is 226 g/mol. The van der Waals surface area contributed by atoms with Gasteiger partial charge in [0, 0.05) is 0 Å². The second kappa shape index (κ2) is 4.83. The van der Waals surface area contributed by atoms with Gasteiger partial charge in [-0.2, -0.15) is 0 Å². The molecule has 0 heterocycles. The highest BCUT2D eigenvalue weighted by molar-refractivity contribution is 4.46. The Morgan fingerprint density at radius 1 is 0.929 bits per heavy atom. The van der Waals surface area contributed by atoms with Gasteiger partial charge in [0.05, 0.1) is 0 Å². The number of alkyl halides is 6. The molecule has 0 N–H and O–H groups in total. The lowest BCUT2D eigenvalue weighted by atomic mass is 10.3. The molecule has 0 aliphatic heterocycles. The van der Waals surface area contributed by atoms with Gasteiger partial charge in [-0.05, 0) is 6.42 Å². The van der Waals surface area contributed by atoms with Crippen LogP contribution in [-0.4, -0.2) is 19.0 Å². The molecule has 0 rings (SSSR count). The zero-order valence-corrected chi connectivity index (χ0v) is 7.08. The van der Waals surface area contributed by atoms with Gasteiger partial charge < -0.3 is 0 Å². The predicted octanol–water partition coefficient (Wildman–Crippen LogP) is 3.19. The topological polar surface area (TPSA) is 18.5 Å². The number of hydrogen-bond acceptors (Lipinski definition) is 2. The van der Waals surface area contributed by atoms with E-state index in [9.17, 15) is 26.3 Å². The van der Waals surface area contributed by atoms with Crippen LogP contribution in [0.25, 0.3) is 0 Å². The molecule has 0 spiro atoms. The van der Waals surface area contributed by atoms with Crippen molar-refractivity contribution in [2.24, 2.45) is 0 Å². The summed E-state index contributed by atoms with van der Waals surface area (Å²) in [6.07, 6.45) is -13.0. The first kappa shape index (κ1) is 13.5. The van der Waals surface area contributed by atoms with Crippen LogP contribution in [0.4, 0.5) is 26.3 Å². The van der Waals surface area contributed by atoms with Crippen LogP contribution in [0.5, 0.6) is 0 Å². The molecule has 0 aromatic rings. The van der Waals surface area contributed by atoms with E-state index in [1.807, 2.05) is 0 Å². The van der Waals surface area contributed by atoms with Crippen LogP contribution in [0, 0.1) is 0 Å². The fourth-order valence-electron chi connectivity index (χ4n) is 0.676. The molecule has 0 saturated heterocycles. The van der Waals surface area contributed by atoms with Gasteiger partial charge in [0.1, 0.15) is 0 Å². The van der Waals surface area contributed by atoms with E-state index in [-0.39, 0.29) is 6.42 Å². The van der Waals surface area contributed by atoms with Crippen LogP contribution in [0.1, 0.15) is 19.8 Å². The van der Waals surface area contributed by atoms with Crippen molar-refractivity contribution >= 4 is 0 Å². The van der Waals surface area contributed by atoms with Gasteiger partial charge in [0.25, 0.3) is 0 Å². The number of ether oxygens (including phenoxy) is 2. The van der Waals surface area contributed by atoms with Gasteiger partial charge in [-0.1, -0.05) is 13.3 Å². The minimum Gasteiger partial charge on any atom is -0.262 e. The van der Waals surface area contributed by atoms with Gasteiger partial charge in [-0.3, -0.25) is 9.47 Å². The Morgan fingerprint density at radius 3 is 1.50 bits per heavy atom. The minimum absolute atomic E-state index is 0.0802. The molecule has 0 aliphatic rings. The first-order chi connectivity index (χ1) is 6.14.